The van der Waals surface area contributed by atoms with Gasteiger partial charge in [-0.1, -0.05) is 18.6 Å². The van der Waals surface area contributed by atoms with Crippen molar-refractivity contribution in [3.63, 3.8) is 0 Å². The zero-order chi connectivity index (χ0) is 19.7. The van der Waals surface area contributed by atoms with Crippen LogP contribution in [0, 0.1) is 0 Å². The van der Waals surface area contributed by atoms with Gasteiger partial charge in [0, 0.05) is 32.9 Å². The molecule has 0 bridgehead atoms. The molecule has 7 heteroatoms. The number of piperidine rings is 1. The second-order valence-corrected chi connectivity index (χ2v) is 8.04. The van der Waals surface area contributed by atoms with Gasteiger partial charge in [-0.3, -0.25) is 4.79 Å². The molecule has 3 amide bonds. The molecule has 2 N–H and O–H groups in total. The largest absolute Gasteiger partial charge is 0.378 e. The zero-order valence-electron chi connectivity index (χ0n) is 16.7. The highest BCUT2D eigenvalue weighted by atomic mass is 16.2. The maximum Gasteiger partial charge on any atom is 0.319 e. The van der Waals surface area contributed by atoms with Gasteiger partial charge in [-0.05, 0) is 43.6 Å². The number of benzene rings is 1. The summed E-state index contributed by atoms with van der Waals surface area (Å²) in [5.74, 6) is 0.0289. The smallest absolute Gasteiger partial charge is 0.319 e. The van der Waals surface area contributed by atoms with Gasteiger partial charge in [0.05, 0.1) is 23.9 Å². The Morgan fingerprint density at radius 1 is 1.04 bits per heavy atom. The minimum absolute atomic E-state index is 0.0289. The molecule has 1 aromatic rings. The first-order chi connectivity index (χ1) is 13.5. The number of rotatable bonds is 5. The molecule has 4 rings (SSSR count). The van der Waals surface area contributed by atoms with Crippen LogP contribution in [0.5, 0.6) is 0 Å². The maximum atomic E-state index is 13.1. The Balaban J connectivity index is 1.49. The predicted octanol–water partition coefficient (Wildman–Crippen LogP) is 1.69. The SMILES string of the molecule is CN(C)c1ccc([C@H]2NC(=O)NC3=C2C(=O)N(CCN2CCCCC2)C3)cc1. The lowest BCUT2D eigenvalue weighted by atomic mass is 9.96. The van der Waals surface area contributed by atoms with E-state index in [1.54, 1.807) is 0 Å². The third-order valence-electron chi connectivity index (χ3n) is 5.90. The molecule has 0 unspecified atom stereocenters. The van der Waals surface area contributed by atoms with Gasteiger partial charge in [-0.15, -0.1) is 0 Å². The van der Waals surface area contributed by atoms with E-state index in [0.29, 0.717) is 18.7 Å². The number of anilines is 1. The van der Waals surface area contributed by atoms with E-state index in [4.69, 9.17) is 0 Å². The van der Waals surface area contributed by atoms with Crippen LogP contribution >= 0.6 is 0 Å². The maximum absolute atomic E-state index is 13.1. The van der Waals surface area contributed by atoms with E-state index in [1.807, 2.05) is 48.2 Å². The van der Waals surface area contributed by atoms with Crippen LogP contribution in [0.15, 0.2) is 35.5 Å². The summed E-state index contributed by atoms with van der Waals surface area (Å²) in [6.07, 6.45) is 3.79. The van der Waals surface area contributed by atoms with Crippen LogP contribution in [-0.4, -0.2) is 68.6 Å². The molecule has 3 heterocycles. The fraction of sp³-hybridized carbons (Fsp3) is 0.524. The summed E-state index contributed by atoms with van der Waals surface area (Å²) in [5.41, 5.74) is 3.43. The molecular formula is C21H29N5O2. The monoisotopic (exact) mass is 383 g/mol. The summed E-state index contributed by atoms with van der Waals surface area (Å²) in [7, 11) is 3.98. The lowest BCUT2D eigenvalue weighted by Gasteiger charge is -2.28. The molecule has 0 spiro atoms. The molecule has 0 saturated carbocycles. The number of nitrogens with zero attached hydrogens (tertiary/aromatic N) is 3. The molecule has 3 aliphatic heterocycles. The van der Waals surface area contributed by atoms with E-state index in [9.17, 15) is 9.59 Å². The van der Waals surface area contributed by atoms with Gasteiger partial charge in [0.15, 0.2) is 0 Å². The number of hydrogen-bond donors (Lipinski definition) is 2. The van der Waals surface area contributed by atoms with Crippen molar-refractivity contribution in [2.75, 3.05) is 51.7 Å². The van der Waals surface area contributed by atoms with E-state index in [1.165, 1.54) is 19.3 Å². The first-order valence-corrected chi connectivity index (χ1v) is 10.1. The Labute approximate surface area is 166 Å². The Morgan fingerprint density at radius 3 is 2.43 bits per heavy atom. The molecule has 7 nitrogen and oxygen atoms in total. The summed E-state index contributed by atoms with van der Waals surface area (Å²) in [6, 6.07) is 7.35. The number of carbonyl (C=O) groups is 2. The summed E-state index contributed by atoms with van der Waals surface area (Å²) >= 11 is 0. The predicted molar refractivity (Wildman–Crippen MR) is 109 cm³/mol. The van der Waals surface area contributed by atoms with Crippen molar-refractivity contribution < 1.29 is 9.59 Å². The first-order valence-electron chi connectivity index (χ1n) is 10.1. The molecule has 150 valence electrons. The van der Waals surface area contributed by atoms with E-state index >= 15 is 0 Å². The zero-order valence-corrected chi connectivity index (χ0v) is 16.7. The van der Waals surface area contributed by atoms with E-state index in [-0.39, 0.29) is 11.9 Å². The molecule has 0 radical (unpaired) electrons. The fourth-order valence-corrected chi connectivity index (χ4v) is 4.27. The van der Waals surface area contributed by atoms with Crippen molar-refractivity contribution in [1.29, 1.82) is 0 Å². The number of urea groups is 1. The molecule has 0 aliphatic carbocycles. The number of hydrogen-bond acceptors (Lipinski definition) is 4. The van der Waals surface area contributed by atoms with Gasteiger partial charge in [-0.2, -0.15) is 0 Å². The molecule has 1 fully saturated rings. The van der Waals surface area contributed by atoms with Crippen molar-refractivity contribution in [3.05, 3.63) is 41.1 Å². The Morgan fingerprint density at radius 2 is 1.75 bits per heavy atom. The topological polar surface area (TPSA) is 67.9 Å². The van der Waals surface area contributed by atoms with Crippen LogP contribution in [0.25, 0.3) is 0 Å². The lowest BCUT2D eigenvalue weighted by Crippen LogP contribution is -2.44. The minimum atomic E-state index is -0.396. The molecule has 0 aromatic heterocycles. The summed E-state index contributed by atoms with van der Waals surface area (Å²) in [5, 5.41) is 5.78. The first kappa shape index (κ1) is 18.8. The van der Waals surface area contributed by atoms with E-state index in [2.05, 4.69) is 15.5 Å². The van der Waals surface area contributed by atoms with Crippen LogP contribution in [0.2, 0.25) is 0 Å². The van der Waals surface area contributed by atoms with Crippen molar-refractivity contribution in [1.82, 2.24) is 20.4 Å². The van der Waals surface area contributed by atoms with Crippen LogP contribution in [0.1, 0.15) is 30.9 Å². The number of amides is 3. The average molecular weight is 383 g/mol. The van der Waals surface area contributed by atoms with Gasteiger partial charge in [-0.25, -0.2) is 4.79 Å². The highest BCUT2D eigenvalue weighted by molar-refractivity contribution is 6.01. The van der Waals surface area contributed by atoms with Crippen LogP contribution in [-0.2, 0) is 4.79 Å². The van der Waals surface area contributed by atoms with E-state index < -0.39 is 6.04 Å². The summed E-state index contributed by atoms with van der Waals surface area (Å²) in [6.45, 7) is 4.33. The second kappa shape index (κ2) is 7.83. The van der Waals surface area contributed by atoms with Crippen LogP contribution in [0.3, 0.4) is 0 Å². The summed E-state index contributed by atoms with van der Waals surface area (Å²) < 4.78 is 0. The third kappa shape index (κ3) is 3.71. The Bertz CT molecular complexity index is 780. The highest BCUT2D eigenvalue weighted by Gasteiger charge is 2.40. The van der Waals surface area contributed by atoms with Gasteiger partial charge in [0.25, 0.3) is 5.91 Å². The van der Waals surface area contributed by atoms with Crippen LogP contribution < -0.4 is 15.5 Å². The third-order valence-corrected chi connectivity index (χ3v) is 5.90. The van der Waals surface area contributed by atoms with Gasteiger partial charge < -0.3 is 25.3 Å². The van der Waals surface area contributed by atoms with Crippen molar-refractivity contribution in [2.24, 2.45) is 0 Å². The Hall–Kier alpha value is -2.54. The molecular weight excluding hydrogens is 354 g/mol. The quantitative estimate of drug-likeness (QED) is 0.812. The van der Waals surface area contributed by atoms with Crippen LogP contribution in [0.4, 0.5) is 10.5 Å². The lowest BCUT2D eigenvalue weighted by molar-refractivity contribution is -0.126. The van der Waals surface area contributed by atoms with Gasteiger partial charge in [0.2, 0.25) is 0 Å². The highest BCUT2D eigenvalue weighted by Crippen LogP contribution is 2.33. The molecule has 28 heavy (non-hydrogen) atoms. The fourth-order valence-electron chi connectivity index (χ4n) is 4.27. The number of nitrogens with one attached hydrogen (secondary N) is 2. The number of carbonyl (C=O) groups excluding carboxylic acids is 2. The van der Waals surface area contributed by atoms with Crippen molar-refractivity contribution in [3.8, 4) is 0 Å². The Kier molecular flexibility index (Phi) is 5.26. The standard InChI is InChI=1S/C21H29N5O2/c1-24(2)16-8-6-15(7-9-16)19-18-17(22-21(28)23-19)14-26(20(18)27)13-12-25-10-4-3-5-11-25/h6-9,19H,3-5,10-14H2,1-2H3,(H2,22,23,28)/t19-/m1/s1. The average Bonchev–Trinajstić information content (AvgIpc) is 3.02. The van der Waals surface area contributed by atoms with Crippen molar-refractivity contribution in [2.45, 2.75) is 25.3 Å². The molecule has 1 atom stereocenters. The normalized spacial score (nSPS) is 22.8. The molecule has 1 saturated heterocycles. The van der Waals surface area contributed by atoms with Crippen molar-refractivity contribution >= 4 is 17.6 Å². The minimum Gasteiger partial charge on any atom is -0.378 e. The number of likely N-dealkylation sites (tertiary alicyclic amines) is 1. The molecule has 1 aromatic carbocycles. The van der Waals surface area contributed by atoms with Gasteiger partial charge in [0.1, 0.15) is 0 Å². The molecule has 3 aliphatic rings. The van der Waals surface area contributed by atoms with E-state index in [0.717, 1.165) is 36.6 Å². The second-order valence-electron chi connectivity index (χ2n) is 8.04. The summed E-state index contributed by atoms with van der Waals surface area (Å²) in [4.78, 5) is 31.6. The van der Waals surface area contributed by atoms with Gasteiger partial charge >= 0.3 is 6.03 Å².